The fraction of sp³-hybridized carbons (Fsp3) is 0.0455. The summed E-state index contributed by atoms with van der Waals surface area (Å²) in [4.78, 5) is 32.4. The molecule has 0 saturated heterocycles. The number of phenolic OH excluding ortho intramolecular Hbond substituents is 1. The van der Waals surface area contributed by atoms with Crippen LogP contribution in [-0.4, -0.2) is 25.9 Å². The molecule has 164 valence electrons. The van der Waals surface area contributed by atoms with E-state index in [1.54, 1.807) is 37.4 Å². The molecule has 0 spiro atoms. The molecule has 2 aromatic carbocycles. The maximum absolute atomic E-state index is 13.0. The van der Waals surface area contributed by atoms with E-state index in [4.69, 9.17) is 16.0 Å². The van der Waals surface area contributed by atoms with Crippen LogP contribution in [-0.2, 0) is 0 Å². The zero-order valence-electron chi connectivity index (χ0n) is 16.8. The third kappa shape index (κ3) is 3.55. The molecule has 5 aromatic rings. The summed E-state index contributed by atoms with van der Waals surface area (Å²) < 4.78 is 6.02. The van der Waals surface area contributed by atoms with Gasteiger partial charge in [-0.25, -0.2) is 4.98 Å². The average molecular weight is 481 g/mol. The molecule has 0 fully saturated rings. The minimum atomic E-state index is -0.536. The number of nitro benzene ring substituents is 1. The Morgan fingerprint density at radius 2 is 2.09 bits per heavy atom. The molecule has 5 rings (SSSR count). The van der Waals surface area contributed by atoms with E-state index in [0.717, 1.165) is 11.3 Å². The van der Waals surface area contributed by atoms with Crippen molar-refractivity contribution in [3.05, 3.63) is 74.2 Å². The number of nitrogens with zero attached hydrogens (tertiary/aromatic N) is 3. The Balaban J connectivity index is 1.53. The molecule has 33 heavy (non-hydrogen) atoms. The fourth-order valence-corrected chi connectivity index (χ4v) is 4.94. The van der Waals surface area contributed by atoms with Gasteiger partial charge in [-0.05, 0) is 36.8 Å². The molecule has 3 aromatic heterocycles. The van der Waals surface area contributed by atoms with Crippen molar-refractivity contribution in [3.63, 3.8) is 0 Å². The van der Waals surface area contributed by atoms with Gasteiger partial charge in [0.2, 0.25) is 5.89 Å². The number of rotatable bonds is 4. The molecule has 0 aliphatic rings. The Labute approximate surface area is 194 Å². The normalized spacial score (nSPS) is 11.2. The van der Waals surface area contributed by atoms with E-state index < -0.39 is 10.8 Å². The lowest BCUT2D eigenvalue weighted by molar-refractivity contribution is -0.382. The van der Waals surface area contributed by atoms with Crippen molar-refractivity contribution in [2.75, 3.05) is 5.32 Å². The molecule has 0 aliphatic heterocycles. The van der Waals surface area contributed by atoms with Crippen molar-refractivity contribution in [2.24, 2.45) is 0 Å². The highest BCUT2D eigenvalue weighted by Gasteiger charge is 2.23. The summed E-state index contributed by atoms with van der Waals surface area (Å²) in [6.45, 7) is 1.67. The average Bonchev–Trinajstić information content (AvgIpc) is 3.37. The van der Waals surface area contributed by atoms with Crippen molar-refractivity contribution < 1.29 is 19.2 Å². The number of nitrogens with one attached hydrogen (secondary N) is 1. The molecule has 0 bridgehead atoms. The number of hydrogen-bond acceptors (Lipinski definition) is 8. The lowest BCUT2D eigenvalue weighted by Gasteiger charge is -2.10. The van der Waals surface area contributed by atoms with Crippen LogP contribution >= 0.6 is 22.9 Å². The van der Waals surface area contributed by atoms with Crippen molar-refractivity contribution in [3.8, 4) is 17.2 Å². The third-order valence-corrected chi connectivity index (χ3v) is 6.72. The number of pyridine rings is 1. The van der Waals surface area contributed by atoms with Crippen molar-refractivity contribution in [1.29, 1.82) is 0 Å². The summed E-state index contributed by atoms with van der Waals surface area (Å²) in [6.07, 6.45) is 1.58. The van der Waals surface area contributed by atoms with Crippen LogP contribution in [0, 0.1) is 17.0 Å². The second-order valence-electron chi connectivity index (χ2n) is 7.14. The molecule has 0 aliphatic carbocycles. The quantitative estimate of drug-likeness (QED) is 0.185. The zero-order chi connectivity index (χ0) is 23.3. The van der Waals surface area contributed by atoms with Gasteiger partial charge < -0.3 is 14.8 Å². The summed E-state index contributed by atoms with van der Waals surface area (Å²) in [5.74, 6) is -0.434. The number of phenols is 1. The van der Waals surface area contributed by atoms with Gasteiger partial charge in [-0.1, -0.05) is 23.7 Å². The number of oxazole rings is 1. The number of halogens is 1. The minimum Gasteiger partial charge on any atom is -0.507 e. The summed E-state index contributed by atoms with van der Waals surface area (Å²) in [6, 6.07) is 11.0. The fourth-order valence-electron chi connectivity index (χ4n) is 3.45. The maximum atomic E-state index is 13.0. The number of aromatic hydroxyl groups is 1. The summed E-state index contributed by atoms with van der Waals surface area (Å²) in [5.41, 5.74) is 1.85. The van der Waals surface area contributed by atoms with E-state index in [1.807, 2.05) is 0 Å². The van der Waals surface area contributed by atoms with Gasteiger partial charge in [-0.15, -0.1) is 11.3 Å². The summed E-state index contributed by atoms with van der Waals surface area (Å²) >= 11 is 7.32. The zero-order valence-corrected chi connectivity index (χ0v) is 18.4. The number of fused-ring (bicyclic) bond motifs is 2. The molecule has 0 unspecified atom stereocenters. The lowest BCUT2D eigenvalue weighted by atomic mass is 10.1. The van der Waals surface area contributed by atoms with Crippen molar-refractivity contribution in [2.45, 2.75) is 6.92 Å². The maximum Gasteiger partial charge on any atom is 0.287 e. The number of carbonyl (C=O) groups is 1. The molecule has 0 saturated carbocycles. The standard InChI is InChI=1S/C22H13ClN4O5S/c1-10-8-11(9-13(17(10)28)22-26-20-15(32-22)6-3-7-24-20)25-21(29)19-16(23)12-4-2-5-14(27(30)31)18(12)33-19/h2-9,28H,1H3,(H,25,29). The van der Waals surface area contributed by atoms with Gasteiger partial charge in [-0.2, -0.15) is 4.98 Å². The summed E-state index contributed by atoms with van der Waals surface area (Å²) in [7, 11) is 0. The second-order valence-corrected chi connectivity index (χ2v) is 8.54. The number of amides is 1. The molecule has 0 atom stereocenters. The molecular weight excluding hydrogens is 468 g/mol. The van der Waals surface area contributed by atoms with E-state index in [-0.39, 0.29) is 32.8 Å². The van der Waals surface area contributed by atoms with E-state index in [1.165, 1.54) is 18.2 Å². The highest BCUT2D eigenvalue weighted by molar-refractivity contribution is 7.22. The van der Waals surface area contributed by atoms with E-state index >= 15 is 0 Å². The van der Waals surface area contributed by atoms with Crippen LogP contribution in [0.25, 0.3) is 32.8 Å². The molecule has 0 radical (unpaired) electrons. The van der Waals surface area contributed by atoms with Gasteiger partial charge in [0.15, 0.2) is 11.2 Å². The molecule has 3 heterocycles. The number of aryl methyl sites for hydroxylation is 1. The van der Waals surface area contributed by atoms with Gasteiger partial charge in [0, 0.05) is 23.3 Å². The second kappa shape index (κ2) is 7.84. The first-order valence-electron chi connectivity index (χ1n) is 9.56. The van der Waals surface area contributed by atoms with Crippen molar-refractivity contribution in [1.82, 2.24) is 9.97 Å². The third-order valence-electron chi connectivity index (χ3n) is 4.99. The largest absolute Gasteiger partial charge is 0.507 e. The highest BCUT2D eigenvalue weighted by atomic mass is 35.5. The molecule has 9 nitrogen and oxygen atoms in total. The van der Waals surface area contributed by atoms with Crippen molar-refractivity contribution >= 4 is 61.5 Å². The van der Waals surface area contributed by atoms with E-state index in [0.29, 0.717) is 32.6 Å². The number of aromatic nitrogens is 2. The summed E-state index contributed by atoms with van der Waals surface area (Å²) in [5, 5.41) is 25.2. The Morgan fingerprint density at radius 3 is 2.85 bits per heavy atom. The predicted octanol–water partition coefficient (Wildman–Crippen LogP) is 5.93. The Hall–Kier alpha value is -4.02. The van der Waals surface area contributed by atoms with Gasteiger partial charge in [0.25, 0.3) is 11.6 Å². The number of hydrogen-bond donors (Lipinski definition) is 2. The number of nitro groups is 1. The Kier molecular flexibility index (Phi) is 4.95. The number of benzene rings is 2. The van der Waals surface area contributed by atoms with Crippen LogP contribution in [0.15, 0.2) is 53.1 Å². The van der Waals surface area contributed by atoms with Crippen LogP contribution in [0.1, 0.15) is 15.2 Å². The minimum absolute atomic E-state index is 0.0462. The Bertz CT molecular complexity index is 1560. The number of non-ortho nitro benzene ring substituents is 1. The predicted molar refractivity (Wildman–Crippen MR) is 125 cm³/mol. The van der Waals surface area contributed by atoms with E-state index in [9.17, 15) is 20.0 Å². The van der Waals surface area contributed by atoms with Crippen LogP contribution in [0.4, 0.5) is 11.4 Å². The van der Waals surface area contributed by atoms with Gasteiger partial charge in [-0.3, -0.25) is 14.9 Å². The SMILES string of the molecule is Cc1cc(NC(=O)c2sc3c([N+](=O)[O-])cccc3c2Cl)cc(-c2nc3ncccc3o2)c1O. The van der Waals surface area contributed by atoms with Gasteiger partial charge in [0.1, 0.15) is 15.3 Å². The number of anilines is 1. The Morgan fingerprint density at radius 1 is 1.27 bits per heavy atom. The number of carbonyl (C=O) groups excluding carboxylic acids is 1. The van der Waals surface area contributed by atoms with E-state index in [2.05, 4.69) is 15.3 Å². The van der Waals surface area contributed by atoms with Gasteiger partial charge in [0.05, 0.1) is 15.5 Å². The molecule has 11 heteroatoms. The topological polar surface area (TPSA) is 131 Å². The first-order valence-corrected chi connectivity index (χ1v) is 10.7. The van der Waals surface area contributed by atoms with Crippen LogP contribution in [0.2, 0.25) is 5.02 Å². The van der Waals surface area contributed by atoms with Crippen LogP contribution in [0.3, 0.4) is 0 Å². The van der Waals surface area contributed by atoms with Crippen LogP contribution in [0.5, 0.6) is 5.75 Å². The number of thiophene rings is 1. The first kappa shape index (κ1) is 20.9. The monoisotopic (exact) mass is 480 g/mol. The molecule has 1 amide bonds. The van der Waals surface area contributed by atoms with Gasteiger partial charge >= 0.3 is 0 Å². The van der Waals surface area contributed by atoms with Crippen LogP contribution < -0.4 is 5.32 Å². The molecule has 2 N–H and O–H groups in total. The molecular formula is C22H13ClN4O5S. The smallest absolute Gasteiger partial charge is 0.287 e. The lowest BCUT2D eigenvalue weighted by Crippen LogP contribution is -2.11. The first-order chi connectivity index (χ1) is 15.8. The highest BCUT2D eigenvalue weighted by Crippen LogP contribution is 2.41.